The molecule has 1 aromatic heterocycles. The number of thiocarbonyl (C=S) groups is 1. The zero-order chi connectivity index (χ0) is 25.5. The fraction of sp³-hybridized carbons (Fsp3) is 0.630. The number of carbonyl (C=O) groups excluding carboxylic acids is 1. The molecular weight excluding hydrogens is 476 g/mol. The molecule has 0 radical (unpaired) electrons. The summed E-state index contributed by atoms with van der Waals surface area (Å²) in [4.78, 5) is 31.2. The number of amides is 1. The van der Waals surface area contributed by atoms with Crippen LogP contribution in [-0.4, -0.2) is 39.3 Å². The molecule has 0 spiro atoms. The Morgan fingerprint density at radius 3 is 2.54 bits per heavy atom. The van der Waals surface area contributed by atoms with Gasteiger partial charge < -0.3 is 4.90 Å². The quantitative estimate of drug-likeness (QED) is 0.222. The van der Waals surface area contributed by atoms with Crippen molar-refractivity contribution in [2.75, 3.05) is 24.5 Å². The van der Waals surface area contributed by atoms with E-state index < -0.39 is 0 Å². The first kappa shape index (κ1) is 27.5. The second-order valence-corrected chi connectivity index (χ2v) is 11.4. The number of piperidine rings is 1. The van der Waals surface area contributed by atoms with E-state index in [-0.39, 0.29) is 17.0 Å². The van der Waals surface area contributed by atoms with Crippen LogP contribution in [0.1, 0.15) is 88.8 Å². The van der Waals surface area contributed by atoms with Crippen molar-refractivity contribution >= 4 is 46.1 Å². The fourth-order valence-electron chi connectivity index (χ4n) is 5.00. The third-order valence-corrected chi connectivity index (χ3v) is 8.26. The lowest BCUT2D eigenvalue weighted by Crippen LogP contribution is -2.40. The molecule has 1 atom stereocenters. The number of thioether (sulfide) groups is 1. The topological polar surface area (TPSA) is 69.3 Å². The van der Waals surface area contributed by atoms with Gasteiger partial charge >= 0.3 is 0 Å². The minimum Gasteiger partial charge on any atom is -0.357 e. The summed E-state index contributed by atoms with van der Waals surface area (Å²) in [7, 11) is 0. The van der Waals surface area contributed by atoms with E-state index in [0.717, 1.165) is 56.6 Å². The fourth-order valence-corrected chi connectivity index (χ4v) is 6.29. The summed E-state index contributed by atoms with van der Waals surface area (Å²) in [6, 6.07) is 2.13. The highest BCUT2D eigenvalue weighted by molar-refractivity contribution is 8.26. The number of carbonyl (C=O) groups is 1. The maximum atomic E-state index is 13.3. The molecule has 3 rings (SSSR count). The van der Waals surface area contributed by atoms with Crippen molar-refractivity contribution in [3.8, 4) is 6.07 Å². The largest absolute Gasteiger partial charge is 0.357 e. The summed E-state index contributed by atoms with van der Waals surface area (Å²) in [5, 5.41) is 9.82. The number of aromatic nitrogens is 1. The second-order valence-electron chi connectivity index (χ2n) is 9.75. The summed E-state index contributed by atoms with van der Waals surface area (Å²) in [5.41, 5.74) is 1.36. The summed E-state index contributed by atoms with van der Waals surface area (Å²) in [6.07, 6.45) is 10.5. The predicted octanol–water partition coefficient (Wildman–Crippen LogP) is 5.85. The van der Waals surface area contributed by atoms with E-state index in [0.29, 0.717) is 33.8 Å². The average molecular weight is 515 g/mol. The number of rotatable bonds is 10. The molecule has 0 aromatic carbocycles. The summed E-state index contributed by atoms with van der Waals surface area (Å²) in [5.74, 6) is 1.29. The highest BCUT2D eigenvalue weighted by Gasteiger charge is 2.33. The van der Waals surface area contributed by atoms with Crippen LogP contribution in [0.4, 0.5) is 5.82 Å². The molecule has 2 fully saturated rings. The van der Waals surface area contributed by atoms with Crippen molar-refractivity contribution in [3.63, 3.8) is 0 Å². The zero-order valence-electron chi connectivity index (χ0n) is 21.6. The highest BCUT2D eigenvalue weighted by atomic mass is 32.2. The number of unbranched alkanes of at least 4 members (excludes halogenated alkanes) is 4. The molecule has 2 aliphatic heterocycles. The molecule has 2 saturated heterocycles. The molecule has 0 N–H and O–H groups in total. The molecule has 1 aromatic rings. The molecule has 0 aliphatic carbocycles. The van der Waals surface area contributed by atoms with Crippen LogP contribution in [0.2, 0.25) is 0 Å². The Hall–Kier alpha value is -2.11. The first-order valence-corrected chi connectivity index (χ1v) is 14.2. The van der Waals surface area contributed by atoms with Gasteiger partial charge in [-0.2, -0.15) is 5.26 Å². The van der Waals surface area contributed by atoms with Gasteiger partial charge in [-0.3, -0.25) is 19.1 Å². The lowest BCUT2D eigenvalue weighted by molar-refractivity contribution is -0.122. The Bertz CT molecular complexity index is 1090. The van der Waals surface area contributed by atoms with Crippen molar-refractivity contribution < 1.29 is 4.79 Å². The standard InChI is InChI=1S/C27H38N4O2S2/c1-5-7-8-9-10-15-31-26(33)23(35-27(31)34)16-21-20(4)22(17-28)25(32)30(13-6-2)24(21)29-14-11-12-19(3)18-29/h16,19H,5-15,18H2,1-4H3. The van der Waals surface area contributed by atoms with Crippen LogP contribution in [0, 0.1) is 24.2 Å². The average Bonchev–Trinajstić information content (AvgIpc) is 3.09. The molecule has 35 heavy (non-hydrogen) atoms. The highest BCUT2D eigenvalue weighted by Crippen LogP contribution is 2.37. The van der Waals surface area contributed by atoms with Crippen molar-refractivity contribution in [3.05, 3.63) is 31.9 Å². The van der Waals surface area contributed by atoms with Gasteiger partial charge in [-0.05, 0) is 50.2 Å². The van der Waals surface area contributed by atoms with Crippen molar-refractivity contribution in [2.45, 2.75) is 85.6 Å². The summed E-state index contributed by atoms with van der Waals surface area (Å²) in [6.45, 7) is 11.2. The van der Waals surface area contributed by atoms with Crippen LogP contribution >= 0.6 is 24.0 Å². The molecular formula is C27H38N4O2S2. The molecule has 1 unspecified atom stereocenters. The third kappa shape index (κ3) is 6.18. The molecule has 2 aliphatic rings. The Kier molecular flexibility index (Phi) is 9.99. The number of nitriles is 1. The Morgan fingerprint density at radius 1 is 1.14 bits per heavy atom. The molecule has 0 saturated carbocycles. The van der Waals surface area contributed by atoms with Gasteiger partial charge in [0.1, 0.15) is 21.8 Å². The number of anilines is 1. The van der Waals surface area contributed by atoms with Crippen LogP contribution in [-0.2, 0) is 11.3 Å². The molecule has 1 amide bonds. The van der Waals surface area contributed by atoms with Gasteiger partial charge in [0, 0.05) is 31.7 Å². The lowest BCUT2D eigenvalue weighted by atomic mass is 9.98. The third-order valence-electron chi connectivity index (χ3n) is 6.88. The first-order valence-electron chi connectivity index (χ1n) is 13.0. The smallest absolute Gasteiger partial charge is 0.270 e. The van der Waals surface area contributed by atoms with Crippen LogP contribution in [0.3, 0.4) is 0 Å². The van der Waals surface area contributed by atoms with Crippen molar-refractivity contribution in [1.29, 1.82) is 5.26 Å². The normalized spacial score (nSPS) is 19.6. The van der Waals surface area contributed by atoms with Crippen LogP contribution < -0.4 is 10.5 Å². The maximum absolute atomic E-state index is 13.3. The lowest BCUT2D eigenvalue weighted by Gasteiger charge is -2.36. The van der Waals surface area contributed by atoms with E-state index in [1.807, 2.05) is 19.9 Å². The first-order chi connectivity index (χ1) is 16.8. The Labute approximate surface area is 219 Å². The van der Waals surface area contributed by atoms with Crippen molar-refractivity contribution in [2.24, 2.45) is 5.92 Å². The van der Waals surface area contributed by atoms with Gasteiger partial charge in [0.15, 0.2) is 0 Å². The molecule has 6 nitrogen and oxygen atoms in total. The Morgan fingerprint density at radius 2 is 1.89 bits per heavy atom. The number of nitrogens with zero attached hydrogens (tertiary/aromatic N) is 4. The number of hydrogen-bond acceptors (Lipinski definition) is 6. The van der Waals surface area contributed by atoms with E-state index >= 15 is 0 Å². The van der Waals surface area contributed by atoms with Crippen LogP contribution in [0.15, 0.2) is 9.70 Å². The SMILES string of the molecule is CCCCCCCN1C(=O)C(=Cc2c(C)c(C#N)c(=O)n(CCC)c2N2CCCC(C)C2)SC1=S. The number of hydrogen-bond donors (Lipinski definition) is 0. The molecule has 190 valence electrons. The zero-order valence-corrected chi connectivity index (χ0v) is 23.2. The van der Waals surface area contributed by atoms with E-state index in [1.54, 1.807) is 9.47 Å². The van der Waals surface area contributed by atoms with E-state index in [2.05, 4.69) is 24.8 Å². The van der Waals surface area contributed by atoms with Gasteiger partial charge in [-0.15, -0.1) is 0 Å². The van der Waals surface area contributed by atoms with E-state index in [1.165, 1.54) is 31.0 Å². The van der Waals surface area contributed by atoms with Gasteiger partial charge in [0.25, 0.3) is 11.5 Å². The second kappa shape index (κ2) is 12.7. The monoisotopic (exact) mass is 514 g/mol. The van der Waals surface area contributed by atoms with Gasteiger partial charge in [-0.25, -0.2) is 0 Å². The maximum Gasteiger partial charge on any atom is 0.270 e. The minimum absolute atomic E-state index is 0.0698. The van der Waals surface area contributed by atoms with Crippen LogP contribution in [0.25, 0.3) is 6.08 Å². The minimum atomic E-state index is -0.239. The van der Waals surface area contributed by atoms with E-state index in [9.17, 15) is 14.9 Å². The van der Waals surface area contributed by atoms with Crippen molar-refractivity contribution in [1.82, 2.24) is 9.47 Å². The molecule has 8 heteroatoms. The predicted molar refractivity (Wildman–Crippen MR) is 150 cm³/mol. The van der Waals surface area contributed by atoms with Gasteiger partial charge in [-0.1, -0.05) is 70.4 Å². The summed E-state index contributed by atoms with van der Waals surface area (Å²) >= 11 is 6.89. The van der Waals surface area contributed by atoms with Gasteiger partial charge in [0.2, 0.25) is 0 Å². The number of pyridine rings is 1. The van der Waals surface area contributed by atoms with Crippen LogP contribution in [0.5, 0.6) is 0 Å². The molecule has 3 heterocycles. The van der Waals surface area contributed by atoms with Gasteiger partial charge in [0.05, 0.1) is 4.91 Å². The molecule has 0 bridgehead atoms. The van der Waals surface area contributed by atoms with E-state index in [4.69, 9.17) is 12.2 Å². The summed E-state index contributed by atoms with van der Waals surface area (Å²) < 4.78 is 2.34. The Balaban J connectivity index is 2.04.